The van der Waals surface area contributed by atoms with Crippen LogP contribution in [0, 0.1) is 5.92 Å². The van der Waals surface area contributed by atoms with Crippen molar-refractivity contribution in [3.05, 3.63) is 29.3 Å². The highest BCUT2D eigenvalue weighted by atomic mass is 16.5. The van der Waals surface area contributed by atoms with Crippen LogP contribution in [0.15, 0.2) is 18.2 Å². The van der Waals surface area contributed by atoms with Crippen LogP contribution in [-0.2, 0) is 0 Å². The molecule has 18 heavy (non-hydrogen) atoms. The van der Waals surface area contributed by atoms with E-state index in [9.17, 15) is 0 Å². The Morgan fingerprint density at radius 2 is 1.89 bits per heavy atom. The first kappa shape index (κ1) is 13.4. The molecule has 1 aliphatic carbocycles. The monoisotopic (exact) mass is 247 g/mol. The minimum Gasteiger partial charge on any atom is -0.496 e. The fourth-order valence-electron chi connectivity index (χ4n) is 2.93. The first-order valence-corrected chi connectivity index (χ1v) is 7.05. The van der Waals surface area contributed by atoms with E-state index in [1.165, 1.54) is 36.8 Å². The minimum atomic E-state index is 0.0946. The molecule has 1 atom stereocenters. The van der Waals surface area contributed by atoms with Crippen LogP contribution in [0.2, 0.25) is 0 Å². The van der Waals surface area contributed by atoms with Crippen molar-refractivity contribution in [2.75, 3.05) is 7.11 Å². The summed E-state index contributed by atoms with van der Waals surface area (Å²) in [6.07, 6.45) is 5.21. The van der Waals surface area contributed by atoms with E-state index in [4.69, 9.17) is 10.5 Å². The molecule has 0 aromatic heterocycles. The van der Waals surface area contributed by atoms with Crippen molar-refractivity contribution in [3.63, 3.8) is 0 Å². The second-order valence-electron chi connectivity index (χ2n) is 5.75. The van der Waals surface area contributed by atoms with Gasteiger partial charge in [0.05, 0.1) is 7.11 Å². The van der Waals surface area contributed by atoms with Gasteiger partial charge in [0.25, 0.3) is 0 Å². The molecule has 0 heterocycles. The van der Waals surface area contributed by atoms with Gasteiger partial charge in [-0.15, -0.1) is 0 Å². The van der Waals surface area contributed by atoms with E-state index in [-0.39, 0.29) is 6.04 Å². The number of benzene rings is 1. The van der Waals surface area contributed by atoms with Crippen LogP contribution in [0.3, 0.4) is 0 Å². The molecule has 2 nitrogen and oxygen atoms in total. The van der Waals surface area contributed by atoms with Crippen LogP contribution in [0.25, 0.3) is 0 Å². The third-order valence-corrected chi connectivity index (χ3v) is 4.24. The van der Waals surface area contributed by atoms with E-state index in [1.54, 1.807) is 7.11 Å². The third-order valence-electron chi connectivity index (χ3n) is 4.24. The fourth-order valence-corrected chi connectivity index (χ4v) is 2.93. The van der Waals surface area contributed by atoms with Gasteiger partial charge in [0, 0.05) is 6.04 Å². The van der Waals surface area contributed by atoms with E-state index in [0.717, 1.165) is 11.7 Å². The highest BCUT2D eigenvalue weighted by molar-refractivity contribution is 5.40. The van der Waals surface area contributed by atoms with Crippen molar-refractivity contribution in [3.8, 4) is 5.75 Å². The maximum absolute atomic E-state index is 5.98. The lowest BCUT2D eigenvalue weighted by atomic mass is 9.78. The quantitative estimate of drug-likeness (QED) is 0.876. The van der Waals surface area contributed by atoms with Crippen molar-refractivity contribution in [2.24, 2.45) is 11.7 Å². The van der Waals surface area contributed by atoms with Gasteiger partial charge in [0.15, 0.2) is 0 Å². The smallest absolute Gasteiger partial charge is 0.122 e. The maximum Gasteiger partial charge on any atom is 0.122 e. The average molecular weight is 247 g/mol. The Kier molecular flexibility index (Phi) is 4.28. The van der Waals surface area contributed by atoms with E-state index < -0.39 is 0 Å². The average Bonchev–Trinajstić information content (AvgIpc) is 2.39. The van der Waals surface area contributed by atoms with Gasteiger partial charge in [-0.2, -0.15) is 0 Å². The molecule has 0 radical (unpaired) electrons. The number of methoxy groups -OCH3 is 1. The predicted octanol–water partition coefficient (Wildman–Crippen LogP) is 4.01. The normalized spacial score (nSPS) is 25.8. The largest absolute Gasteiger partial charge is 0.496 e. The van der Waals surface area contributed by atoms with Crippen molar-refractivity contribution >= 4 is 0 Å². The molecule has 0 aliphatic heterocycles. The Hall–Kier alpha value is -1.02. The minimum absolute atomic E-state index is 0.0946. The van der Waals surface area contributed by atoms with Crippen molar-refractivity contribution in [1.82, 2.24) is 0 Å². The van der Waals surface area contributed by atoms with Crippen LogP contribution in [0.4, 0.5) is 0 Å². The Morgan fingerprint density at radius 1 is 1.22 bits per heavy atom. The first-order valence-electron chi connectivity index (χ1n) is 7.05. The Morgan fingerprint density at radius 3 is 2.44 bits per heavy atom. The van der Waals surface area contributed by atoms with E-state index in [1.807, 2.05) is 6.92 Å². The van der Waals surface area contributed by atoms with Gasteiger partial charge in [-0.05, 0) is 48.8 Å². The number of hydrogen-bond acceptors (Lipinski definition) is 2. The summed E-state index contributed by atoms with van der Waals surface area (Å²) >= 11 is 0. The molecule has 1 fully saturated rings. The van der Waals surface area contributed by atoms with Gasteiger partial charge in [-0.1, -0.05) is 31.9 Å². The molecule has 2 rings (SSSR count). The lowest BCUT2D eigenvalue weighted by Gasteiger charge is -2.28. The number of rotatable bonds is 3. The second-order valence-corrected chi connectivity index (χ2v) is 5.75. The summed E-state index contributed by atoms with van der Waals surface area (Å²) in [5, 5.41) is 0. The molecule has 1 aromatic carbocycles. The number of hydrogen-bond donors (Lipinski definition) is 1. The summed E-state index contributed by atoms with van der Waals surface area (Å²) < 4.78 is 5.52. The Labute approximate surface area is 111 Å². The van der Waals surface area contributed by atoms with Gasteiger partial charge in [0.2, 0.25) is 0 Å². The Balaban J connectivity index is 2.26. The second kappa shape index (κ2) is 5.75. The fraction of sp³-hybridized carbons (Fsp3) is 0.625. The summed E-state index contributed by atoms with van der Waals surface area (Å²) in [7, 11) is 1.76. The van der Waals surface area contributed by atoms with Gasteiger partial charge in [-0.25, -0.2) is 0 Å². The van der Waals surface area contributed by atoms with Gasteiger partial charge >= 0.3 is 0 Å². The molecular formula is C16H25NO. The van der Waals surface area contributed by atoms with Crippen LogP contribution < -0.4 is 10.5 Å². The van der Waals surface area contributed by atoms with Crippen LogP contribution >= 0.6 is 0 Å². The Bertz CT molecular complexity index is 392. The molecule has 1 saturated carbocycles. The zero-order valence-electron chi connectivity index (χ0n) is 11.8. The predicted molar refractivity (Wildman–Crippen MR) is 76.0 cm³/mol. The highest BCUT2D eigenvalue weighted by Crippen LogP contribution is 2.40. The third kappa shape index (κ3) is 2.86. The molecule has 0 saturated heterocycles. The number of nitrogens with two attached hydrogens (primary N) is 1. The summed E-state index contributed by atoms with van der Waals surface area (Å²) in [5.41, 5.74) is 8.56. The molecule has 0 bridgehead atoms. The lowest BCUT2D eigenvalue weighted by Crippen LogP contribution is -2.13. The first-order chi connectivity index (χ1) is 8.61. The summed E-state index contributed by atoms with van der Waals surface area (Å²) in [4.78, 5) is 0. The lowest BCUT2D eigenvalue weighted by molar-refractivity contribution is 0.336. The van der Waals surface area contributed by atoms with Crippen molar-refractivity contribution in [1.29, 1.82) is 0 Å². The SMILES string of the molecule is COc1ccc(C(C)N)cc1C1CCC(C)CC1. The van der Waals surface area contributed by atoms with Crippen LogP contribution in [0.1, 0.15) is 62.6 Å². The maximum atomic E-state index is 5.98. The zero-order chi connectivity index (χ0) is 13.1. The molecule has 100 valence electrons. The molecule has 0 spiro atoms. The molecule has 1 aliphatic rings. The van der Waals surface area contributed by atoms with Crippen LogP contribution in [-0.4, -0.2) is 7.11 Å². The van der Waals surface area contributed by atoms with Gasteiger partial charge < -0.3 is 10.5 Å². The van der Waals surface area contributed by atoms with Crippen molar-refractivity contribution in [2.45, 2.75) is 51.5 Å². The van der Waals surface area contributed by atoms with Gasteiger partial charge in [0.1, 0.15) is 5.75 Å². The summed E-state index contributed by atoms with van der Waals surface area (Å²) in [6.45, 7) is 4.39. The summed E-state index contributed by atoms with van der Waals surface area (Å²) in [5.74, 6) is 2.55. The molecule has 2 N–H and O–H groups in total. The molecule has 1 unspecified atom stereocenters. The number of ether oxygens (including phenoxy) is 1. The molecular weight excluding hydrogens is 222 g/mol. The molecule has 0 amide bonds. The van der Waals surface area contributed by atoms with E-state index in [2.05, 4.69) is 25.1 Å². The van der Waals surface area contributed by atoms with E-state index >= 15 is 0 Å². The summed E-state index contributed by atoms with van der Waals surface area (Å²) in [6, 6.07) is 6.51. The molecule has 1 aromatic rings. The van der Waals surface area contributed by atoms with Crippen LogP contribution in [0.5, 0.6) is 5.75 Å². The zero-order valence-corrected chi connectivity index (χ0v) is 11.8. The highest BCUT2D eigenvalue weighted by Gasteiger charge is 2.22. The van der Waals surface area contributed by atoms with Gasteiger partial charge in [-0.3, -0.25) is 0 Å². The van der Waals surface area contributed by atoms with Crippen molar-refractivity contribution < 1.29 is 4.74 Å². The van der Waals surface area contributed by atoms with E-state index in [0.29, 0.717) is 5.92 Å². The molecule has 2 heteroatoms. The topological polar surface area (TPSA) is 35.2 Å². The standard InChI is InChI=1S/C16H25NO/c1-11-4-6-13(7-5-11)15-10-14(12(2)17)8-9-16(15)18-3/h8-13H,4-7,17H2,1-3H3.